The molecule has 2 aromatic carbocycles. The molecule has 0 aliphatic rings. The van der Waals surface area contributed by atoms with Crippen LogP contribution < -0.4 is 19.5 Å². The highest BCUT2D eigenvalue weighted by Crippen LogP contribution is 2.34. The van der Waals surface area contributed by atoms with Crippen molar-refractivity contribution in [3.05, 3.63) is 51.0 Å². The van der Waals surface area contributed by atoms with Crippen molar-refractivity contribution in [3.8, 4) is 17.2 Å². The molecule has 0 saturated carbocycles. The second-order valence-corrected chi connectivity index (χ2v) is 8.58. The Bertz CT molecular complexity index is 849. The lowest BCUT2D eigenvalue weighted by molar-refractivity contribution is -0.123. The smallest absolute Gasteiger partial charge is 0.258 e. The summed E-state index contributed by atoms with van der Waals surface area (Å²) in [5, 5.41) is 3.30. The van der Waals surface area contributed by atoms with Gasteiger partial charge in [-0.05, 0) is 35.2 Å². The van der Waals surface area contributed by atoms with Crippen molar-refractivity contribution < 1.29 is 19.0 Å². The highest BCUT2D eigenvalue weighted by molar-refractivity contribution is 9.10. The van der Waals surface area contributed by atoms with Gasteiger partial charge in [0.25, 0.3) is 5.91 Å². The number of benzene rings is 2. The molecular formula is C21H25BrClNO4. The van der Waals surface area contributed by atoms with Crippen LogP contribution in [0.2, 0.25) is 5.02 Å². The van der Waals surface area contributed by atoms with Crippen LogP contribution in [0.4, 0.5) is 0 Å². The zero-order valence-electron chi connectivity index (χ0n) is 16.7. The molecule has 0 radical (unpaired) electrons. The molecule has 0 bridgehead atoms. The molecule has 0 unspecified atom stereocenters. The van der Waals surface area contributed by atoms with E-state index in [1.807, 2.05) is 18.2 Å². The van der Waals surface area contributed by atoms with Crippen LogP contribution in [0.15, 0.2) is 34.8 Å². The van der Waals surface area contributed by atoms with E-state index in [9.17, 15) is 4.79 Å². The summed E-state index contributed by atoms with van der Waals surface area (Å²) in [6.07, 6.45) is 0. The highest BCUT2D eigenvalue weighted by Gasteiger charge is 2.20. The van der Waals surface area contributed by atoms with E-state index in [2.05, 4.69) is 42.0 Å². The number of nitrogens with one attached hydrogen (secondary N) is 1. The minimum atomic E-state index is -0.242. The maximum absolute atomic E-state index is 12.3. The number of ether oxygens (including phenoxy) is 3. The van der Waals surface area contributed by atoms with E-state index in [4.69, 9.17) is 25.8 Å². The zero-order valence-corrected chi connectivity index (χ0v) is 19.0. The lowest BCUT2D eigenvalue weighted by Gasteiger charge is -2.23. The quantitative estimate of drug-likeness (QED) is 0.611. The number of carbonyl (C=O) groups excluding carboxylic acids is 1. The fourth-order valence-corrected chi connectivity index (χ4v) is 3.22. The largest absolute Gasteiger partial charge is 0.493 e. The molecule has 2 aromatic rings. The summed E-state index contributed by atoms with van der Waals surface area (Å²) >= 11 is 9.74. The molecule has 28 heavy (non-hydrogen) atoms. The first-order valence-corrected chi connectivity index (χ1v) is 9.92. The molecule has 0 aliphatic carbocycles. The number of rotatable bonds is 7. The minimum absolute atomic E-state index is 0.0877. The van der Waals surface area contributed by atoms with E-state index in [0.717, 1.165) is 15.6 Å². The summed E-state index contributed by atoms with van der Waals surface area (Å²) in [6, 6.07) is 9.18. The summed E-state index contributed by atoms with van der Waals surface area (Å²) in [5.41, 5.74) is 1.65. The van der Waals surface area contributed by atoms with Gasteiger partial charge in [0.1, 0.15) is 5.75 Å². The number of carbonyl (C=O) groups is 1. The normalized spacial score (nSPS) is 11.1. The number of hydrogen-bond donors (Lipinski definition) is 1. The summed E-state index contributed by atoms with van der Waals surface area (Å²) in [5.74, 6) is 1.54. The Kier molecular flexibility index (Phi) is 7.61. The van der Waals surface area contributed by atoms with Crippen molar-refractivity contribution in [3.63, 3.8) is 0 Å². The molecule has 0 saturated heterocycles. The number of amides is 1. The van der Waals surface area contributed by atoms with Crippen molar-refractivity contribution in [1.82, 2.24) is 5.32 Å². The SMILES string of the molecule is COc1cc(Cl)c(CNC(=O)COc2ccc(Br)cc2C(C)(C)C)cc1OC. The van der Waals surface area contributed by atoms with Crippen molar-refractivity contribution >= 4 is 33.4 Å². The molecule has 152 valence electrons. The third-order valence-electron chi connectivity index (χ3n) is 4.14. The number of methoxy groups -OCH3 is 2. The summed E-state index contributed by atoms with van der Waals surface area (Å²) < 4.78 is 17.2. The van der Waals surface area contributed by atoms with Crippen molar-refractivity contribution in [2.45, 2.75) is 32.7 Å². The maximum atomic E-state index is 12.3. The van der Waals surface area contributed by atoms with Crippen LogP contribution >= 0.6 is 27.5 Å². The third-order valence-corrected chi connectivity index (χ3v) is 4.98. The van der Waals surface area contributed by atoms with E-state index in [1.54, 1.807) is 26.4 Å². The highest BCUT2D eigenvalue weighted by atomic mass is 79.9. The number of hydrogen-bond acceptors (Lipinski definition) is 4. The molecule has 0 fully saturated rings. The second kappa shape index (κ2) is 9.52. The van der Waals surface area contributed by atoms with E-state index >= 15 is 0 Å². The second-order valence-electron chi connectivity index (χ2n) is 7.25. The van der Waals surface area contributed by atoms with Gasteiger partial charge in [-0.3, -0.25) is 4.79 Å². The van der Waals surface area contributed by atoms with Crippen LogP contribution in [0.25, 0.3) is 0 Å². The lowest BCUT2D eigenvalue weighted by Crippen LogP contribution is -2.29. The monoisotopic (exact) mass is 469 g/mol. The zero-order chi connectivity index (χ0) is 20.9. The van der Waals surface area contributed by atoms with Gasteiger partial charge >= 0.3 is 0 Å². The Hall–Kier alpha value is -1.92. The first-order chi connectivity index (χ1) is 13.2. The van der Waals surface area contributed by atoms with Gasteiger partial charge in [-0.25, -0.2) is 0 Å². The third kappa shape index (κ3) is 5.79. The topological polar surface area (TPSA) is 56.8 Å². The van der Waals surface area contributed by atoms with Crippen LogP contribution in [0.1, 0.15) is 31.9 Å². The molecule has 0 spiro atoms. The average molecular weight is 471 g/mol. The molecular weight excluding hydrogens is 446 g/mol. The minimum Gasteiger partial charge on any atom is -0.493 e. The van der Waals surface area contributed by atoms with Crippen LogP contribution in [0.5, 0.6) is 17.2 Å². The van der Waals surface area contributed by atoms with Crippen LogP contribution in [0, 0.1) is 0 Å². The van der Waals surface area contributed by atoms with Gasteiger partial charge in [0.2, 0.25) is 0 Å². The Balaban J connectivity index is 2.01. The number of halogens is 2. The van der Waals surface area contributed by atoms with Gasteiger partial charge in [0.15, 0.2) is 18.1 Å². The first-order valence-electron chi connectivity index (χ1n) is 8.75. The van der Waals surface area contributed by atoms with E-state index in [0.29, 0.717) is 22.3 Å². The molecule has 5 nitrogen and oxygen atoms in total. The predicted octanol–water partition coefficient (Wildman–Crippen LogP) is 5.11. The lowest BCUT2D eigenvalue weighted by atomic mass is 9.86. The summed E-state index contributed by atoms with van der Waals surface area (Å²) in [7, 11) is 3.09. The Labute approximate surface area is 179 Å². The van der Waals surface area contributed by atoms with E-state index in [-0.39, 0.29) is 24.5 Å². The van der Waals surface area contributed by atoms with Crippen LogP contribution in [0.3, 0.4) is 0 Å². The van der Waals surface area contributed by atoms with E-state index < -0.39 is 0 Å². The fourth-order valence-electron chi connectivity index (χ4n) is 2.63. The first kappa shape index (κ1) is 22.4. The van der Waals surface area contributed by atoms with Crippen molar-refractivity contribution in [1.29, 1.82) is 0 Å². The van der Waals surface area contributed by atoms with E-state index in [1.165, 1.54) is 0 Å². The fraction of sp³-hybridized carbons (Fsp3) is 0.381. The maximum Gasteiger partial charge on any atom is 0.258 e. The van der Waals surface area contributed by atoms with Gasteiger partial charge in [0, 0.05) is 27.7 Å². The standard InChI is InChI=1S/C21H25BrClNO4/c1-21(2,3)15-9-14(22)6-7-17(15)28-12-20(25)24-11-13-8-18(26-4)19(27-5)10-16(13)23/h6-10H,11-12H2,1-5H3,(H,24,25). The van der Waals surface area contributed by atoms with Gasteiger partial charge in [-0.2, -0.15) is 0 Å². The van der Waals surface area contributed by atoms with Gasteiger partial charge < -0.3 is 19.5 Å². The molecule has 2 rings (SSSR count). The summed E-state index contributed by atoms with van der Waals surface area (Å²) in [6.45, 7) is 6.46. The Morgan fingerprint density at radius 3 is 2.32 bits per heavy atom. The molecule has 1 N–H and O–H groups in total. The van der Waals surface area contributed by atoms with Crippen LogP contribution in [-0.2, 0) is 16.8 Å². The predicted molar refractivity (Wildman–Crippen MR) is 115 cm³/mol. The van der Waals surface area contributed by atoms with Crippen molar-refractivity contribution in [2.24, 2.45) is 0 Å². The Morgan fingerprint density at radius 1 is 1.07 bits per heavy atom. The summed E-state index contributed by atoms with van der Waals surface area (Å²) in [4.78, 5) is 12.3. The van der Waals surface area contributed by atoms with Crippen LogP contribution in [-0.4, -0.2) is 26.7 Å². The molecule has 0 aromatic heterocycles. The van der Waals surface area contributed by atoms with Gasteiger partial charge in [-0.1, -0.05) is 48.3 Å². The van der Waals surface area contributed by atoms with Gasteiger partial charge in [-0.15, -0.1) is 0 Å². The average Bonchev–Trinajstić information content (AvgIpc) is 2.64. The molecule has 7 heteroatoms. The molecule has 1 amide bonds. The van der Waals surface area contributed by atoms with Crippen molar-refractivity contribution in [2.75, 3.05) is 20.8 Å². The molecule has 0 aliphatic heterocycles. The molecule has 0 heterocycles. The van der Waals surface area contributed by atoms with Gasteiger partial charge in [0.05, 0.1) is 14.2 Å². The Morgan fingerprint density at radius 2 is 1.71 bits per heavy atom. The molecule has 0 atom stereocenters.